The molecule has 4 aromatic carbocycles. The van der Waals surface area contributed by atoms with Crippen LogP contribution < -0.4 is 15.4 Å². The fourth-order valence-corrected chi connectivity index (χ4v) is 5.12. The van der Waals surface area contributed by atoms with E-state index in [1.54, 1.807) is 18.2 Å². The molecule has 1 heterocycles. The van der Waals surface area contributed by atoms with Gasteiger partial charge in [-0.15, -0.1) is 0 Å². The standard InChI is InChI=1S/C34H35N3O4/c1-40-33(38)30-23-29(36-34(39)35-28-19-21-37(22-20-28)24-25-11-5-2-6-12-25)17-18-31(30)41-32(26-13-7-3-8-14-26)27-15-9-4-10-16-27/h2-18,23,28,32H,19-22,24H2,1H3,(H2,35,36,39). The zero-order valence-corrected chi connectivity index (χ0v) is 23.2. The molecule has 1 aliphatic rings. The van der Waals surface area contributed by atoms with Gasteiger partial charge in [-0.1, -0.05) is 91.0 Å². The van der Waals surface area contributed by atoms with Crippen LogP contribution in [-0.2, 0) is 11.3 Å². The molecule has 7 nitrogen and oxygen atoms in total. The van der Waals surface area contributed by atoms with E-state index in [4.69, 9.17) is 9.47 Å². The van der Waals surface area contributed by atoms with Crippen molar-refractivity contribution >= 4 is 17.7 Å². The average molecular weight is 550 g/mol. The van der Waals surface area contributed by atoms with Gasteiger partial charge in [-0.25, -0.2) is 9.59 Å². The highest BCUT2D eigenvalue weighted by Crippen LogP contribution is 2.32. The maximum atomic E-state index is 12.9. The molecule has 0 radical (unpaired) electrons. The molecule has 210 valence electrons. The summed E-state index contributed by atoms with van der Waals surface area (Å²) in [7, 11) is 1.33. The number of hydrogen-bond donors (Lipinski definition) is 2. The van der Waals surface area contributed by atoms with E-state index in [-0.39, 0.29) is 17.6 Å². The quantitative estimate of drug-likeness (QED) is 0.235. The summed E-state index contributed by atoms with van der Waals surface area (Å²) in [6.45, 7) is 2.75. The molecule has 0 bridgehead atoms. The average Bonchev–Trinajstić information content (AvgIpc) is 3.02. The molecule has 0 unspecified atom stereocenters. The Bertz CT molecular complexity index is 1380. The molecule has 2 amide bonds. The Labute approximate surface area is 241 Å². The number of anilines is 1. The van der Waals surface area contributed by atoms with Gasteiger partial charge in [0, 0.05) is 31.4 Å². The van der Waals surface area contributed by atoms with Crippen molar-refractivity contribution in [3.05, 3.63) is 131 Å². The molecule has 2 N–H and O–H groups in total. The number of nitrogens with zero attached hydrogens (tertiary/aromatic N) is 1. The maximum Gasteiger partial charge on any atom is 0.341 e. The summed E-state index contributed by atoms with van der Waals surface area (Å²) in [5, 5.41) is 5.96. The molecule has 1 fully saturated rings. The molecule has 0 saturated carbocycles. The second-order valence-corrected chi connectivity index (χ2v) is 10.2. The number of rotatable bonds is 9. The minimum Gasteiger partial charge on any atom is -0.480 e. The zero-order chi connectivity index (χ0) is 28.4. The molecule has 0 spiro atoms. The minimum absolute atomic E-state index is 0.0854. The van der Waals surface area contributed by atoms with Gasteiger partial charge in [0.2, 0.25) is 0 Å². The Kier molecular flexibility index (Phi) is 9.29. The zero-order valence-electron chi connectivity index (χ0n) is 23.2. The molecule has 0 aromatic heterocycles. The van der Waals surface area contributed by atoms with Crippen molar-refractivity contribution in [3.63, 3.8) is 0 Å². The lowest BCUT2D eigenvalue weighted by atomic mass is 10.0. The highest BCUT2D eigenvalue weighted by molar-refractivity contribution is 5.96. The number of likely N-dealkylation sites (tertiary alicyclic amines) is 1. The van der Waals surface area contributed by atoms with Gasteiger partial charge in [0.25, 0.3) is 0 Å². The van der Waals surface area contributed by atoms with Crippen LogP contribution in [0.3, 0.4) is 0 Å². The summed E-state index contributed by atoms with van der Waals surface area (Å²) >= 11 is 0. The van der Waals surface area contributed by atoms with E-state index in [2.05, 4.69) is 39.8 Å². The number of benzene rings is 4. The summed E-state index contributed by atoms with van der Waals surface area (Å²) in [6.07, 6.45) is 1.32. The van der Waals surface area contributed by atoms with Crippen molar-refractivity contribution in [1.82, 2.24) is 10.2 Å². The second-order valence-electron chi connectivity index (χ2n) is 10.2. The van der Waals surface area contributed by atoms with Gasteiger partial charge in [-0.05, 0) is 47.7 Å². The lowest BCUT2D eigenvalue weighted by Crippen LogP contribution is -2.45. The first kappa shape index (κ1) is 27.9. The van der Waals surface area contributed by atoms with Crippen LogP contribution in [0, 0.1) is 0 Å². The molecule has 0 atom stereocenters. The van der Waals surface area contributed by atoms with E-state index >= 15 is 0 Å². The Hall–Kier alpha value is -4.62. The van der Waals surface area contributed by atoms with Crippen LogP contribution in [0.25, 0.3) is 0 Å². The molecule has 5 rings (SSSR count). The van der Waals surface area contributed by atoms with Gasteiger partial charge in [0.1, 0.15) is 17.4 Å². The summed E-state index contributed by atoms with van der Waals surface area (Å²) in [5.41, 5.74) is 3.91. The first-order chi connectivity index (χ1) is 20.1. The maximum absolute atomic E-state index is 12.9. The second kappa shape index (κ2) is 13.6. The van der Waals surface area contributed by atoms with Crippen molar-refractivity contribution in [2.45, 2.75) is 31.5 Å². The van der Waals surface area contributed by atoms with Gasteiger partial charge in [-0.2, -0.15) is 0 Å². The van der Waals surface area contributed by atoms with Crippen molar-refractivity contribution in [1.29, 1.82) is 0 Å². The number of amides is 2. The van der Waals surface area contributed by atoms with Gasteiger partial charge < -0.3 is 20.1 Å². The number of ether oxygens (including phenoxy) is 2. The van der Waals surface area contributed by atoms with Crippen molar-refractivity contribution < 1.29 is 19.1 Å². The first-order valence-electron chi connectivity index (χ1n) is 13.9. The van der Waals surface area contributed by atoms with Crippen molar-refractivity contribution in [2.24, 2.45) is 0 Å². The minimum atomic E-state index is -0.547. The first-order valence-corrected chi connectivity index (χ1v) is 13.9. The van der Waals surface area contributed by atoms with E-state index in [1.807, 2.05) is 66.7 Å². The summed E-state index contributed by atoms with van der Waals surface area (Å²) in [6, 6.07) is 34.9. The van der Waals surface area contributed by atoms with Gasteiger partial charge >= 0.3 is 12.0 Å². The molecular formula is C34H35N3O4. The largest absolute Gasteiger partial charge is 0.480 e. The highest BCUT2D eigenvalue weighted by Gasteiger charge is 2.23. The van der Waals surface area contributed by atoms with E-state index in [9.17, 15) is 9.59 Å². The van der Waals surface area contributed by atoms with Crippen LogP contribution >= 0.6 is 0 Å². The number of hydrogen-bond acceptors (Lipinski definition) is 5. The van der Waals surface area contributed by atoms with Crippen LogP contribution in [-0.4, -0.2) is 43.1 Å². The summed E-state index contributed by atoms with van der Waals surface area (Å²) in [4.78, 5) is 28.0. The number of piperidine rings is 1. The van der Waals surface area contributed by atoms with Crippen LogP contribution in [0.1, 0.15) is 46.0 Å². The number of carbonyl (C=O) groups is 2. The molecule has 41 heavy (non-hydrogen) atoms. The number of urea groups is 1. The molecule has 1 aliphatic heterocycles. The van der Waals surface area contributed by atoms with Crippen molar-refractivity contribution in [2.75, 3.05) is 25.5 Å². The smallest absolute Gasteiger partial charge is 0.341 e. The van der Waals surface area contributed by atoms with Crippen LogP contribution in [0.2, 0.25) is 0 Å². The van der Waals surface area contributed by atoms with Gasteiger partial charge in [0.15, 0.2) is 0 Å². The number of methoxy groups -OCH3 is 1. The normalized spacial score (nSPS) is 13.9. The van der Waals surface area contributed by atoms with Gasteiger partial charge in [0.05, 0.1) is 7.11 Å². The van der Waals surface area contributed by atoms with E-state index in [0.717, 1.165) is 43.6 Å². The molecule has 4 aromatic rings. The van der Waals surface area contributed by atoms with Crippen LogP contribution in [0.5, 0.6) is 5.75 Å². The Balaban J connectivity index is 1.24. The molecule has 1 saturated heterocycles. The fourth-order valence-electron chi connectivity index (χ4n) is 5.12. The lowest BCUT2D eigenvalue weighted by molar-refractivity contribution is 0.0594. The Morgan fingerprint density at radius 1 is 0.829 bits per heavy atom. The third-order valence-corrected chi connectivity index (χ3v) is 7.26. The van der Waals surface area contributed by atoms with E-state index < -0.39 is 12.1 Å². The Morgan fingerprint density at radius 2 is 1.41 bits per heavy atom. The SMILES string of the molecule is COC(=O)c1cc(NC(=O)NC2CCN(Cc3ccccc3)CC2)ccc1OC(c1ccccc1)c1ccccc1. The highest BCUT2D eigenvalue weighted by atomic mass is 16.5. The summed E-state index contributed by atoms with van der Waals surface area (Å²) in [5.74, 6) is -0.180. The Morgan fingerprint density at radius 3 is 2.00 bits per heavy atom. The van der Waals surface area contributed by atoms with E-state index in [0.29, 0.717) is 11.4 Å². The molecule has 7 heteroatoms. The summed E-state index contributed by atoms with van der Waals surface area (Å²) < 4.78 is 11.5. The van der Waals surface area contributed by atoms with Crippen LogP contribution in [0.4, 0.5) is 10.5 Å². The third kappa shape index (κ3) is 7.52. The number of esters is 1. The predicted molar refractivity (Wildman–Crippen MR) is 160 cm³/mol. The monoisotopic (exact) mass is 549 g/mol. The topological polar surface area (TPSA) is 79.9 Å². The van der Waals surface area contributed by atoms with Crippen LogP contribution in [0.15, 0.2) is 109 Å². The number of nitrogens with one attached hydrogen (secondary N) is 2. The van der Waals surface area contributed by atoms with Gasteiger partial charge in [-0.3, -0.25) is 4.90 Å². The van der Waals surface area contributed by atoms with E-state index in [1.165, 1.54) is 12.7 Å². The molecule has 0 aliphatic carbocycles. The lowest BCUT2D eigenvalue weighted by Gasteiger charge is -2.32. The van der Waals surface area contributed by atoms with Crippen molar-refractivity contribution in [3.8, 4) is 5.75 Å². The predicted octanol–water partition coefficient (Wildman–Crippen LogP) is 6.43. The fraction of sp³-hybridized carbons (Fsp3) is 0.235. The molecular weight excluding hydrogens is 514 g/mol. The number of carbonyl (C=O) groups excluding carboxylic acids is 2. The third-order valence-electron chi connectivity index (χ3n) is 7.26.